The highest BCUT2D eigenvalue weighted by Crippen LogP contribution is 2.21. The fraction of sp³-hybridized carbons (Fsp3) is 0.400. The average molecular weight is 375 g/mol. The van der Waals surface area contributed by atoms with E-state index >= 15 is 0 Å². The molecule has 1 fully saturated rings. The van der Waals surface area contributed by atoms with Gasteiger partial charge in [0.05, 0.1) is 11.6 Å². The number of halogens is 2. The Morgan fingerprint density at radius 1 is 1.26 bits per heavy atom. The number of rotatable bonds is 4. The van der Waals surface area contributed by atoms with Crippen molar-refractivity contribution in [3.05, 3.63) is 58.9 Å². The van der Waals surface area contributed by atoms with Gasteiger partial charge in [0.25, 0.3) is 5.91 Å². The summed E-state index contributed by atoms with van der Waals surface area (Å²) in [6.07, 6.45) is 2.48. The van der Waals surface area contributed by atoms with Crippen LogP contribution in [0.1, 0.15) is 35.0 Å². The minimum Gasteiger partial charge on any atom is -0.353 e. The maximum absolute atomic E-state index is 13.9. The van der Waals surface area contributed by atoms with E-state index in [1.165, 1.54) is 25.1 Å². The Morgan fingerprint density at radius 2 is 1.93 bits per heavy atom. The van der Waals surface area contributed by atoms with Gasteiger partial charge in [0.2, 0.25) is 5.91 Å². The van der Waals surface area contributed by atoms with Crippen molar-refractivity contribution in [2.75, 3.05) is 20.1 Å². The summed E-state index contributed by atoms with van der Waals surface area (Å²) in [6, 6.07) is 5.47. The Balaban J connectivity index is 1.75. The lowest BCUT2D eigenvalue weighted by molar-refractivity contribution is -0.129. The van der Waals surface area contributed by atoms with Gasteiger partial charge in [0.1, 0.15) is 11.6 Å². The Kier molecular flexibility index (Phi) is 5.30. The van der Waals surface area contributed by atoms with Crippen LogP contribution < -0.4 is 0 Å². The molecule has 1 aliphatic heterocycles. The first kappa shape index (κ1) is 19.1. The molecule has 2 amide bonds. The Morgan fingerprint density at radius 3 is 2.56 bits per heavy atom. The zero-order chi connectivity index (χ0) is 19.7. The number of likely N-dealkylation sites (N-methyl/N-ethyl adjacent to an activating group) is 1. The number of nitrogens with zero attached hydrogens (tertiary/aromatic N) is 3. The fourth-order valence-electron chi connectivity index (χ4n) is 3.47. The molecule has 0 bridgehead atoms. The van der Waals surface area contributed by atoms with E-state index in [1.807, 2.05) is 0 Å². The molecular formula is C20H23F2N3O2. The molecule has 2 aromatic rings. The molecule has 1 saturated heterocycles. The topological polar surface area (TPSA) is 45.6 Å². The van der Waals surface area contributed by atoms with Crippen LogP contribution in [0.25, 0.3) is 0 Å². The highest BCUT2D eigenvalue weighted by Gasteiger charge is 2.31. The lowest BCUT2D eigenvalue weighted by atomic mass is 10.1. The van der Waals surface area contributed by atoms with Gasteiger partial charge in [-0.2, -0.15) is 0 Å². The molecule has 1 unspecified atom stereocenters. The Bertz CT molecular complexity index is 858. The van der Waals surface area contributed by atoms with Crippen LogP contribution in [-0.4, -0.2) is 52.4 Å². The summed E-state index contributed by atoms with van der Waals surface area (Å²) in [5, 5.41) is 0. The molecular weight excluding hydrogens is 352 g/mol. The highest BCUT2D eigenvalue weighted by atomic mass is 19.1. The van der Waals surface area contributed by atoms with Crippen molar-refractivity contribution < 1.29 is 18.4 Å². The maximum atomic E-state index is 13.9. The molecule has 7 heteroatoms. The predicted molar refractivity (Wildman–Crippen MR) is 97.3 cm³/mol. The van der Waals surface area contributed by atoms with Crippen LogP contribution in [0.5, 0.6) is 0 Å². The lowest BCUT2D eigenvalue weighted by Crippen LogP contribution is -2.38. The van der Waals surface area contributed by atoms with Crippen LogP contribution in [0.4, 0.5) is 8.78 Å². The highest BCUT2D eigenvalue weighted by molar-refractivity contribution is 5.94. The second-order valence-corrected chi connectivity index (χ2v) is 7.03. The van der Waals surface area contributed by atoms with Gasteiger partial charge < -0.3 is 14.4 Å². The van der Waals surface area contributed by atoms with E-state index in [4.69, 9.17) is 0 Å². The molecule has 1 atom stereocenters. The average Bonchev–Trinajstić information content (AvgIpc) is 3.24. The standard InChI is InChI=1S/C20H23F2N3O2/c1-13(26)24(3)15-7-8-25(12-15)20(27)14-9-16(23(2)11-14)10-17-18(21)5-4-6-19(17)22/h4-6,9,11,15H,7-8,10,12H2,1-3H3. The van der Waals surface area contributed by atoms with E-state index in [1.54, 1.807) is 40.7 Å². The van der Waals surface area contributed by atoms with Gasteiger partial charge >= 0.3 is 0 Å². The number of aromatic nitrogens is 1. The van der Waals surface area contributed by atoms with Gasteiger partial charge in [0, 0.05) is 58.0 Å². The Hall–Kier alpha value is -2.70. The molecule has 0 spiro atoms. The van der Waals surface area contributed by atoms with E-state index in [9.17, 15) is 18.4 Å². The van der Waals surface area contributed by atoms with Crippen LogP contribution in [0, 0.1) is 11.6 Å². The van der Waals surface area contributed by atoms with Crippen LogP contribution in [0.2, 0.25) is 0 Å². The minimum atomic E-state index is -0.598. The third kappa shape index (κ3) is 3.86. The number of carbonyl (C=O) groups excluding carboxylic acids is 2. The van der Waals surface area contributed by atoms with Crippen LogP contribution >= 0.6 is 0 Å². The number of hydrogen-bond acceptors (Lipinski definition) is 2. The van der Waals surface area contributed by atoms with Crippen LogP contribution in [0.3, 0.4) is 0 Å². The molecule has 1 aromatic heterocycles. The quantitative estimate of drug-likeness (QED) is 0.825. The van der Waals surface area contributed by atoms with Gasteiger partial charge in [-0.05, 0) is 24.6 Å². The number of amides is 2. The number of hydrogen-bond donors (Lipinski definition) is 0. The monoisotopic (exact) mass is 375 g/mol. The molecule has 5 nitrogen and oxygen atoms in total. The largest absolute Gasteiger partial charge is 0.353 e. The molecule has 144 valence electrons. The van der Waals surface area contributed by atoms with Crippen molar-refractivity contribution in [2.45, 2.75) is 25.8 Å². The SMILES string of the molecule is CC(=O)N(C)C1CCN(C(=O)c2cc(Cc3c(F)cccc3F)n(C)c2)C1. The van der Waals surface area contributed by atoms with Crippen LogP contribution in [-0.2, 0) is 18.3 Å². The predicted octanol–water partition coefficient (Wildman–Crippen LogP) is 2.59. The Labute approximate surface area is 157 Å². The summed E-state index contributed by atoms with van der Waals surface area (Å²) < 4.78 is 29.5. The molecule has 27 heavy (non-hydrogen) atoms. The lowest BCUT2D eigenvalue weighted by Gasteiger charge is -2.23. The van der Waals surface area contributed by atoms with E-state index in [0.29, 0.717) is 24.3 Å². The fourth-order valence-corrected chi connectivity index (χ4v) is 3.47. The van der Waals surface area contributed by atoms with Gasteiger partial charge in [-0.3, -0.25) is 9.59 Å². The third-order valence-corrected chi connectivity index (χ3v) is 5.27. The van der Waals surface area contributed by atoms with Crippen molar-refractivity contribution in [3.8, 4) is 0 Å². The van der Waals surface area contributed by atoms with Crippen molar-refractivity contribution in [1.82, 2.24) is 14.4 Å². The summed E-state index contributed by atoms with van der Waals surface area (Å²) in [5.41, 5.74) is 1.12. The summed E-state index contributed by atoms with van der Waals surface area (Å²) in [7, 11) is 3.49. The molecule has 2 heterocycles. The summed E-state index contributed by atoms with van der Waals surface area (Å²) in [6.45, 7) is 2.57. The van der Waals surface area contributed by atoms with Gasteiger partial charge in [-0.25, -0.2) is 8.78 Å². The normalized spacial score (nSPS) is 16.6. The number of aryl methyl sites for hydroxylation is 1. The van der Waals surface area contributed by atoms with Crippen molar-refractivity contribution in [3.63, 3.8) is 0 Å². The first-order valence-electron chi connectivity index (χ1n) is 8.88. The number of likely N-dealkylation sites (tertiary alicyclic amines) is 1. The molecule has 3 rings (SSSR count). The summed E-state index contributed by atoms with van der Waals surface area (Å²) >= 11 is 0. The molecule has 0 aliphatic carbocycles. The van der Waals surface area contributed by atoms with E-state index in [0.717, 1.165) is 6.42 Å². The van der Waals surface area contributed by atoms with Gasteiger partial charge in [-0.1, -0.05) is 6.07 Å². The van der Waals surface area contributed by atoms with Crippen molar-refractivity contribution in [1.29, 1.82) is 0 Å². The zero-order valence-corrected chi connectivity index (χ0v) is 15.7. The molecule has 1 aromatic carbocycles. The van der Waals surface area contributed by atoms with Crippen molar-refractivity contribution in [2.24, 2.45) is 7.05 Å². The molecule has 0 N–H and O–H groups in total. The summed E-state index contributed by atoms with van der Waals surface area (Å²) in [4.78, 5) is 27.7. The van der Waals surface area contributed by atoms with E-state index < -0.39 is 11.6 Å². The first-order valence-corrected chi connectivity index (χ1v) is 8.88. The number of benzene rings is 1. The molecule has 0 radical (unpaired) electrons. The maximum Gasteiger partial charge on any atom is 0.255 e. The third-order valence-electron chi connectivity index (χ3n) is 5.27. The number of carbonyl (C=O) groups is 2. The molecule has 0 saturated carbocycles. The minimum absolute atomic E-state index is 0.0120. The van der Waals surface area contributed by atoms with E-state index in [-0.39, 0.29) is 29.8 Å². The van der Waals surface area contributed by atoms with Gasteiger partial charge in [0.15, 0.2) is 0 Å². The molecule has 1 aliphatic rings. The van der Waals surface area contributed by atoms with Crippen molar-refractivity contribution >= 4 is 11.8 Å². The van der Waals surface area contributed by atoms with Gasteiger partial charge in [-0.15, -0.1) is 0 Å². The smallest absolute Gasteiger partial charge is 0.255 e. The zero-order valence-electron chi connectivity index (χ0n) is 15.7. The second-order valence-electron chi connectivity index (χ2n) is 7.03. The summed E-state index contributed by atoms with van der Waals surface area (Å²) in [5.74, 6) is -1.36. The first-order chi connectivity index (χ1) is 12.8. The van der Waals surface area contributed by atoms with Crippen LogP contribution in [0.15, 0.2) is 30.5 Å². The second kappa shape index (κ2) is 7.50. The van der Waals surface area contributed by atoms with E-state index in [2.05, 4.69) is 0 Å².